The molecule has 3 heteroatoms. The molecule has 1 rings (SSSR count). The zero-order chi connectivity index (χ0) is 11.1. The van der Waals surface area contributed by atoms with Crippen LogP contribution in [0.15, 0.2) is 0 Å². The van der Waals surface area contributed by atoms with Crippen LogP contribution in [-0.4, -0.2) is 30.4 Å². The molecule has 0 atom stereocenters. The molecule has 0 aromatic heterocycles. The van der Waals surface area contributed by atoms with Crippen LogP contribution in [0.2, 0.25) is 0 Å². The summed E-state index contributed by atoms with van der Waals surface area (Å²) in [6.45, 7) is 4.95. The van der Waals surface area contributed by atoms with E-state index in [9.17, 15) is 4.79 Å². The Bertz CT molecular complexity index is 186. The molecule has 0 aliphatic carbocycles. The van der Waals surface area contributed by atoms with Gasteiger partial charge in [0, 0.05) is 19.5 Å². The Hall–Kier alpha value is -0.570. The normalized spacial score (nSPS) is 18.1. The van der Waals surface area contributed by atoms with Crippen molar-refractivity contribution in [1.29, 1.82) is 0 Å². The van der Waals surface area contributed by atoms with Gasteiger partial charge in [0.25, 0.3) is 0 Å². The summed E-state index contributed by atoms with van der Waals surface area (Å²) >= 11 is 0. The van der Waals surface area contributed by atoms with Crippen LogP contribution in [0.5, 0.6) is 0 Å². The van der Waals surface area contributed by atoms with Crippen LogP contribution in [-0.2, 0) is 4.79 Å². The topological polar surface area (TPSA) is 46.3 Å². The van der Waals surface area contributed by atoms with Gasteiger partial charge in [-0.05, 0) is 38.1 Å². The number of carbonyl (C=O) groups excluding carboxylic acids is 1. The van der Waals surface area contributed by atoms with Crippen molar-refractivity contribution in [1.82, 2.24) is 4.90 Å². The van der Waals surface area contributed by atoms with Crippen molar-refractivity contribution >= 4 is 5.91 Å². The van der Waals surface area contributed by atoms with E-state index in [-0.39, 0.29) is 0 Å². The molecule has 0 spiro atoms. The number of nitrogens with two attached hydrogens (primary N) is 1. The molecule has 1 aliphatic rings. The van der Waals surface area contributed by atoms with Crippen molar-refractivity contribution in [3.63, 3.8) is 0 Å². The second-order valence-corrected chi connectivity index (χ2v) is 4.66. The van der Waals surface area contributed by atoms with E-state index in [0.29, 0.717) is 12.3 Å². The Morgan fingerprint density at radius 1 is 1.27 bits per heavy atom. The molecule has 0 unspecified atom stereocenters. The Labute approximate surface area is 93.0 Å². The van der Waals surface area contributed by atoms with Crippen LogP contribution in [0.4, 0.5) is 0 Å². The van der Waals surface area contributed by atoms with E-state index in [1.807, 2.05) is 4.90 Å². The molecule has 0 bridgehead atoms. The van der Waals surface area contributed by atoms with E-state index >= 15 is 0 Å². The molecular formula is C12H24N2O. The highest BCUT2D eigenvalue weighted by atomic mass is 16.2. The predicted octanol–water partition coefficient (Wildman–Crippen LogP) is 1.76. The summed E-state index contributed by atoms with van der Waals surface area (Å²) in [4.78, 5) is 13.8. The standard InChI is InChI=1S/C12H24N2O/c1-11-6-9-14(10-7-11)12(15)5-3-2-4-8-13/h11H,2-10,13H2,1H3. The minimum absolute atomic E-state index is 0.346. The molecule has 1 heterocycles. The average molecular weight is 212 g/mol. The molecule has 1 saturated heterocycles. The molecule has 0 radical (unpaired) electrons. The predicted molar refractivity (Wildman–Crippen MR) is 62.5 cm³/mol. The molecule has 15 heavy (non-hydrogen) atoms. The summed E-state index contributed by atoms with van der Waals surface area (Å²) in [5.41, 5.74) is 5.41. The van der Waals surface area contributed by atoms with E-state index in [4.69, 9.17) is 5.73 Å². The Balaban J connectivity index is 2.11. The lowest BCUT2D eigenvalue weighted by Crippen LogP contribution is -2.37. The molecule has 0 aromatic rings. The van der Waals surface area contributed by atoms with Crippen LogP contribution >= 0.6 is 0 Å². The number of carbonyl (C=O) groups is 1. The van der Waals surface area contributed by atoms with Crippen molar-refractivity contribution in [3.8, 4) is 0 Å². The van der Waals surface area contributed by atoms with Gasteiger partial charge in [0.15, 0.2) is 0 Å². The highest BCUT2D eigenvalue weighted by molar-refractivity contribution is 5.76. The van der Waals surface area contributed by atoms with Gasteiger partial charge in [-0.15, -0.1) is 0 Å². The van der Waals surface area contributed by atoms with E-state index in [1.54, 1.807) is 0 Å². The molecule has 1 fully saturated rings. The van der Waals surface area contributed by atoms with Crippen molar-refractivity contribution in [2.24, 2.45) is 11.7 Å². The summed E-state index contributed by atoms with van der Waals surface area (Å²) in [6, 6.07) is 0. The SMILES string of the molecule is CC1CCN(C(=O)CCCCCN)CC1. The minimum Gasteiger partial charge on any atom is -0.343 e. The van der Waals surface area contributed by atoms with E-state index in [0.717, 1.165) is 44.8 Å². The molecule has 3 nitrogen and oxygen atoms in total. The van der Waals surface area contributed by atoms with Crippen molar-refractivity contribution in [3.05, 3.63) is 0 Å². The van der Waals surface area contributed by atoms with Gasteiger partial charge in [0.2, 0.25) is 5.91 Å². The number of rotatable bonds is 5. The van der Waals surface area contributed by atoms with Gasteiger partial charge in [-0.2, -0.15) is 0 Å². The van der Waals surface area contributed by atoms with Crippen molar-refractivity contribution in [2.45, 2.75) is 45.4 Å². The first-order valence-corrected chi connectivity index (χ1v) is 6.22. The van der Waals surface area contributed by atoms with E-state index < -0.39 is 0 Å². The van der Waals surface area contributed by atoms with Crippen molar-refractivity contribution in [2.75, 3.05) is 19.6 Å². The fraction of sp³-hybridized carbons (Fsp3) is 0.917. The quantitative estimate of drug-likeness (QED) is 0.706. The molecule has 1 aliphatic heterocycles. The maximum Gasteiger partial charge on any atom is 0.222 e. The van der Waals surface area contributed by atoms with Gasteiger partial charge in [-0.3, -0.25) is 4.79 Å². The first kappa shape index (κ1) is 12.5. The monoisotopic (exact) mass is 212 g/mol. The molecule has 0 saturated carbocycles. The van der Waals surface area contributed by atoms with E-state index in [2.05, 4.69) is 6.92 Å². The Morgan fingerprint density at radius 2 is 1.93 bits per heavy atom. The van der Waals surface area contributed by atoms with Gasteiger partial charge < -0.3 is 10.6 Å². The lowest BCUT2D eigenvalue weighted by molar-refractivity contribution is -0.132. The third kappa shape index (κ3) is 4.65. The number of piperidine rings is 1. The number of unbranched alkanes of at least 4 members (excludes halogenated alkanes) is 2. The van der Waals surface area contributed by atoms with Crippen LogP contribution in [0, 0.1) is 5.92 Å². The van der Waals surface area contributed by atoms with Gasteiger partial charge in [-0.25, -0.2) is 0 Å². The maximum absolute atomic E-state index is 11.8. The highest BCUT2D eigenvalue weighted by Crippen LogP contribution is 2.17. The summed E-state index contributed by atoms with van der Waals surface area (Å²) in [6.07, 6.45) is 6.20. The first-order valence-electron chi connectivity index (χ1n) is 6.22. The molecule has 0 aromatic carbocycles. The molecule has 1 amide bonds. The largest absolute Gasteiger partial charge is 0.343 e. The number of likely N-dealkylation sites (tertiary alicyclic amines) is 1. The van der Waals surface area contributed by atoms with Gasteiger partial charge in [-0.1, -0.05) is 13.3 Å². The summed E-state index contributed by atoms with van der Waals surface area (Å²) < 4.78 is 0. The fourth-order valence-corrected chi connectivity index (χ4v) is 2.01. The number of hydrogen-bond donors (Lipinski definition) is 1. The van der Waals surface area contributed by atoms with Gasteiger partial charge in [0.05, 0.1) is 0 Å². The number of hydrogen-bond acceptors (Lipinski definition) is 2. The lowest BCUT2D eigenvalue weighted by atomic mass is 9.99. The zero-order valence-electron chi connectivity index (χ0n) is 9.87. The highest BCUT2D eigenvalue weighted by Gasteiger charge is 2.19. The van der Waals surface area contributed by atoms with E-state index in [1.165, 1.54) is 12.8 Å². The fourth-order valence-electron chi connectivity index (χ4n) is 2.01. The van der Waals surface area contributed by atoms with Crippen LogP contribution in [0.1, 0.15) is 45.4 Å². The van der Waals surface area contributed by atoms with Crippen LogP contribution < -0.4 is 5.73 Å². The second-order valence-electron chi connectivity index (χ2n) is 4.66. The Morgan fingerprint density at radius 3 is 2.53 bits per heavy atom. The first-order chi connectivity index (χ1) is 7.24. The number of amides is 1. The third-order valence-corrected chi connectivity index (χ3v) is 3.23. The minimum atomic E-state index is 0.346. The molecular weight excluding hydrogens is 188 g/mol. The van der Waals surface area contributed by atoms with Crippen LogP contribution in [0.25, 0.3) is 0 Å². The molecule has 88 valence electrons. The smallest absolute Gasteiger partial charge is 0.222 e. The van der Waals surface area contributed by atoms with Crippen LogP contribution in [0.3, 0.4) is 0 Å². The summed E-state index contributed by atoms with van der Waals surface area (Å²) in [5, 5.41) is 0. The maximum atomic E-state index is 11.8. The van der Waals surface area contributed by atoms with Crippen molar-refractivity contribution < 1.29 is 4.79 Å². The third-order valence-electron chi connectivity index (χ3n) is 3.23. The summed E-state index contributed by atoms with van der Waals surface area (Å²) in [7, 11) is 0. The Kier molecular flexibility index (Phi) is 5.69. The second kappa shape index (κ2) is 6.83. The van der Waals surface area contributed by atoms with Gasteiger partial charge >= 0.3 is 0 Å². The van der Waals surface area contributed by atoms with Gasteiger partial charge in [0.1, 0.15) is 0 Å². The summed E-state index contributed by atoms with van der Waals surface area (Å²) in [5.74, 6) is 1.14. The average Bonchev–Trinajstić information content (AvgIpc) is 2.25. The molecule has 2 N–H and O–H groups in total. The zero-order valence-corrected chi connectivity index (χ0v) is 9.87. The number of nitrogens with zero attached hydrogens (tertiary/aromatic N) is 1. The lowest BCUT2D eigenvalue weighted by Gasteiger charge is -2.30.